The van der Waals surface area contributed by atoms with E-state index in [4.69, 9.17) is 10.8 Å². The van der Waals surface area contributed by atoms with E-state index in [1.54, 1.807) is 0 Å². The van der Waals surface area contributed by atoms with Crippen molar-refractivity contribution in [1.82, 2.24) is 9.78 Å². The van der Waals surface area contributed by atoms with Crippen molar-refractivity contribution < 1.29 is 0 Å². The maximum atomic E-state index is 6.13. The van der Waals surface area contributed by atoms with E-state index in [0.29, 0.717) is 11.5 Å². The Morgan fingerprint density at radius 2 is 1.95 bits per heavy atom. The van der Waals surface area contributed by atoms with Crippen molar-refractivity contribution in [1.29, 1.82) is 0 Å². The van der Waals surface area contributed by atoms with Gasteiger partial charge in [-0.1, -0.05) is 32.6 Å². The van der Waals surface area contributed by atoms with Crippen LogP contribution in [0.2, 0.25) is 0 Å². The Hall–Kier alpha value is -0.830. The molecule has 2 aliphatic rings. The highest BCUT2D eigenvalue weighted by atomic mass is 15.3. The predicted octanol–water partition coefficient (Wildman–Crippen LogP) is 3.70. The molecule has 0 saturated heterocycles. The van der Waals surface area contributed by atoms with Gasteiger partial charge in [-0.15, -0.1) is 0 Å². The first kappa shape index (κ1) is 14.1. The summed E-state index contributed by atoms with van der Waals surface area (Å²) in [5.74, 6) is 0.880. The van der Waals surface area contributed by atoms with Crippen molar-refractivity contribution in [2.75, 3.05) is 6.54 Å². The Balaban J connectivity index is 1.66. The lowest BCUT2D eigenvalue weighted by atomic mass is 9.68. The van der Waals surface area contributed by atoms with Crippen LogP contribution in [0.15, 0.2) is 12.3 Å². The molecule has 0 unspecified atom stereocenters. The monoisotopic (exact) mass is 275 g/mol. The van der Waals surface area contributed by atoms with Gasteiger partial charge in [-0.25, -0.2) is 0 Å². The van der Waals surface area contributed by atoms with Crippen LogP contribution in [-0.4, -0.2) is 16.3 Å². The second-order valence-corrected chi connectivity index (χ2v) is 7.29. The molecular weight excluding hydrogens is 246 g/mol. The van der Waals surface area contributed by atoms with Crippen LogP contribution in [0.5, 0.6) is 0 Å². The zero-order valence-corrected chi connectivity index (χ0v) is 12.9. The molecule has 1 heterocycles. The van der Waals surface area contributed by atoms with Crippen molar-refractivity contribution in [2.24, 2.45) is 17.1 Å². The summed E-state index contributed by atoms with van der Waals surface area (Å²) >= 11 is 0. The summed E-state index contributed by atoms with van der Waals surface area (Å²) in [7, 11) is 0. The van der Waals surface area contributed by atoms with E-state index in [0.717, 1.165) is 18.9 Å². The molecule has 0 aromatic carbocycles. The third kappa shape index (κ3) is 2.93. The minimum absolute atomic E-state index is 0.321. The second-order valence-electron chi connectivity index (χ2n) is 7.29. The molecule has 0 aliphatic heterocycles. The average molecular weight is 275 g/mol. The number of nitrogens with zero attached hydrogens (tertiary/aromatic N) is 2. The van der Waals surface area contributed by atoms with Crippen molar-refractivity contribution in [3.05, 3.63) is 18.0 Å². The second kappa shape index (κ2) is 5.88. The van der Waals surface area contributed by atoms with E-state index in [1.807, 2.05) is 0 Å². The zero-order chi connectivity index (χ0) is 14.0. The van der Waals surface area contributed by atoms with E-state index in [2.05, 4.69) is 23.9 Å². The summed E-state index contributed by atoms with van der Waals surface area (Å²) in [4.78, 5) is 0. The highest BCUT2D eigenvalue weighted by molar-refractivity contribution is 5.05. The molecule has 1 aromatic heterocycles. The lowest BCUT2D eigenvalue weighted by molar-refractivity contribution is 0.161. The van der Waals surface area contributed by atoms with Gasteiger partial charge in [0.1, 0.15) is 0 Å². The SMILES string of the molecule is CC1CCC(CN)(Cc2ccn(C3CCCC3)n2)CC1. The van der Waals surface area contributed by atoms with Gasteiger partial charge in [0.15, 0.2) is 0 Å². The fourth-order valence-electron chi connectivity index (χ4n) is 4.06. The van der Waals surface area contributed by atoms with Crippen LogP contribution >= 0.6 is 0 Å². The average Bonchev–Trinajstić information content (AvgIpc) is 3.12. The minimum Gasteiger partial charge on any atom is -0.330 e. The van der Waals surface area contributed by atoms with Gasteiger partial charge in [-0.2, -0.15) is 5.10 Å². The van der Waals surface area contributed by atoms with Crippen molar-refractivity contribution in [2.45, 2.75) is 70.8 Å². The molecule has 0 atom stereocenters. The zero-order valence-electron chi connectivity index (χ0n) is 12.9. The minimum atomic E-state index is 0.321. The molecule has 112 valence electrons. The molecule has 2 aliphatic carbocycles. The highest BCUT2D eigenvalue weighted by Crippen LogP contribution is 2.40. The summed E-state index contributed by atoms with van der Waals surface area (Å²) in [5.41, 5.74) is 7.71. The van der Waals surface area contributed by atoms with Crippen molar-refractivity contribution in [3.8, 4) is 0 Å². The predicted molar refractivity (Wildman–Crippen MR) is 82.6 cm³/mol. The molecule has 3 rings (SSSR count). The first-order valence-corrected chi connectivity index (χ1v) is 8.45. The molecule has 0 spiro atoms. The number of hydrogen-bond acceptors (Lipinski definition) is 2. The molecule has 2 fully saturated rings. The topological polar surface area (TPSA) is 43.8 Å². The van der Waals surface area contributed by atoms with Crippen LogP contribution in [0.3, 0.4) is 0 Å². The molecule has 2 N–H and O–H groups in total. The standard InChI is InChI=1S/C17H29N3/c1-14-6-9-17(13-18,10-7-14)12-15-8-11-20(19-15)16-4-2-3-5-16/h8,11,14,16H,2-7,9-10,12-13,18H2,1H3. The van der Waals surface area contributed by atoms with Crippen LogP contribution < -0.4 is 5.73 Å². The van der Waals surface area contributed by atoms with Gasteiger partial charge < -0.3 is 5.73 Å². The summed E-state index contributed by atoms with van der Waals surface area (Å²) in [5, 5.41) is 4.86. The maximum Gasteiger partial charge on any atom is 0.0630 e. The van der Waals surface area contributed by atoms with Gasteiger partial charge >= 0.3 is 0 Å². The van der Waals surface area contributed by atoms with E-state index in [-0.39, 0.29) is 0 Å². The van der Waals surface area contributed by atoms with Gasteiger partial charge in [-0.05, 0) is 56.0 Å². The van der Waals surface area contributed by atoms with E-state index >= 15 is 0 Å². The van der Waals surface area contributed by atoms with Gasteiger partial charge in [0.05, 0.1) is 11.7 Å². The first-order valence-electron chi connectivity index (χ1n) is 8.45. The van der Waals surface area contributed by atoms with E-state index < -0.39 is 0 Å². The van der Waals surface area contributed by atoms with Crippen LogP contribution in [-0.2, 0) is 6.42 Å². The molecule has 1 aromatic rings. The summed E-state index contributed by atoms with van der Waals surface area (Å²) in [6, 6.07) is 2.89. The molecule has 20 heavy (non-hydrogen) atoms. The number of aromatic nitrogens is 2. The largest absolute Gasteiger partial charge is 0.330 e. The lowest BCUT2D eigenvalue weighted by Crippen LogP contribution is -2.36. The molecule has 0 radical (unpaired) electrons. The van der Waals surface area contributed by atoms with Gasteiger partial charge in [0.25, 0.3) is 0 Å². The molecular formula is C17H29N3. The Morgan fingerprint density at radius 3 is 2.60 bits per heavy atom. The molecule has 2 saturated carbocycles. The number of rotatable bonds is 4. The summed E-state index contributed by atoms with van der Waals surface area (Å²) < 4.78 is 2.22. The third-order valence-corrected chi connectivity index (χ3v) is 5.69. The fourth-order valence-corrected chi connectivity index (χ4v) is 4.06. The Labute approximate surface area is 122 Å². The lowest BCUT2D eigenvalue weighted by Gasteiger charge is -2.38. The van der Waals surface area contributed by atoms with E-state index in [9.17, 15) is 0 Å². The molecule has 3 nitrogen and oxygen atoms in total. The van der Waals surface area contributed by atoms with Crippen molar-refractivity contribution in [3.63, 3.8) is 0 Å². The maximum absolute atomic E-state index is 6.13. The summed E-state index contributed by atoms with van der Waals surface area (Å²) in [6.07, 6.45) is 13.8. The van der Waals surface area contributed by atoms with Gasteiger partial charge in [0, 0.05) is 6.20 Å². The third-order valence-electron chi connectivity index (χ3n) is 5.69. The highest BCUT2D eigenvalue weighted by Gasteiger charge is 2.33. The molecule has 0 bridgehead atoms. The van der Waals surface area contributed by atoms with Gasteiger partial charge in [0.2, 0.25) is 0 Å². The van der Waals surface area contributed by atoms with Gasteiger partial charge in [-0.3, -0.25) is 4.68 Å². The molecule has 3 heteroatoms. The smallest absolute Gasteiger partial charge is 0.0630 e. The molecule has 0 amide bonds. The van der Waals surface area contributed by atoms with Crippen LogP contribution in [0.4, 0.5) is 0 Å². The number of nitrogens with two attached hydrogens (primary N) is 1. The summed E-state index contributed by atoms with van der Waals surface area (Å²) in [6.45, 7) is 3.19. The van der Waals surface area contributed by atoms with E-state index in [1.165, 1.54) is 57.1 Å². The fraction of sp³-hybridized carbons (Fsp3) is 0.824. The Morgan fingerprint density at radius 1 is 1.25 bits per heavy atom. The van der Waals surface area contributed by atoms with Crippen LogP contribution in [0, 0.1) is 11.3 Å². The Kier molecular flexibility index (Phi) is 4.16. The number of hydrogen-bond donors (Lipinski definition) is 1. The van der Waals surface area contributed by atoms with Crippen LogP contribution in [0.25, 0.3) is 0 Å². The van der Waals surface area contributed by atoms with Crippen molar-refractivity contribution >= 4 is 0 Å². The Bertz CT molecular complexity index is 423. The normalized spacial score (nSPS) is 31.8. The first-order chi connectivity index (χ1) is 9.71. The quantitative estimate of drug-likeness (QED) is 0.910. The van der Waals surface area contributed by atoms with Crippen LogP contribution in [0.1, 0.15) is 70.0 Å².